The van der Waals surface area contributed by atoms with Crippen molar-refractivity contribution in [3.05, 3.63) is 60.8 Å². The number of anilines is 2. The van der Waals surface area contributed by atoms with Crippen LogP contribution in [-0.4, -0.2) is 35.8 Å². The Bertz CT molecular complexity index is 1060. The average Bonchev–Trinajstić information content (AvgIpc) is 3.28. The quantitative estimate of drug-likeness (QED) is 0.717. The summed E-state index contributed by atoms with van der Waals surface area (Å²) in [6, 6.07) is 17.3. The molecular weight excluding hydrogens is 380 g/mol. The Labute approximate surface area is 174 Å². The first-order valence-electron chi connectivity index (χ1n) is 10.1. The molecule has 7 nitrogen and oxygen atoms in total. The van der Waals surface area contributed by atoms with Gasteiger partial charge in [0, 0.05) is 36.6 Å². The first-order valence-corrected chi connectivity index (χ1v) is 10.1. The molecule has 0 aliphatic carbocycles. The summed E-state index contributed by atoms with van der Waals surface area (Å²) >= 11 is 0. The number of aromatic nitrogens is 2. The number of benzene rings is 2. The fourth-order valence-corrected chi connectivity index (χ4v) is 3.87. The number of hydrogen-bond acceptors (Lipinski definition) is 6. The lowest BCUT2D eigenvalue weighted by Gasteiger charge is -2.33. The van der Waals surface area contributed by atoms with Gasteiger partial charge in [-0.05, 0) is 31.0 Å². The van der Waals surface area contributed by atoms with Gasteiger partial charge >= 0.3 is 0 Å². The number of carbonyl (C=O) groups is 1. The number of nitrogens with zero attached hydrogens (tertiary/aromatic N) is 3. The third-order valence-electron chi connectivity index (χ3n) is 5.43. The second-order valence-corrected chi connectivity index (χ2v) is 7.45. The van der Waals surface area contributed by atoms with E-state index in [0.717, 1.165) is 36.5 Å². The SMILES string of the molecule is O=C(Nc1ccc2c(c1)OCO2)C1CCCN(c2ccnc(-c3ccccc3)n2)C1. The minimum absolute atomic E-state index is 0.0101. The molecular formula is C23H22N4O3. The molecule has 0 bridgehead atoms. The molecule has 1 N–H and O–H groups in total. The van der Waals surface area contributed by atoms with Gasteiger partial charge in [-0.15, -0.1) is 0 Å². The number of nitrogens with one attached hydrogen (secondary N) is 1. The number of rotatable bonds is 4. The van der Waals surface area contributed by atoms with Crippen LogP contribution >= 0.6 is 0 Å². The van der Waals surface area contributed by atoms with E-state index >= 15 is 0 Å². The highest BCUT2D eigenvalue weighted by Gasteiger charge is 2.27. The molecule has 30 heavy (non-hydrogen) atoms. The highest BCUT2D eigenvalue weighted by atomic mass is 16.7. The maximum absolute atomic E-state index is 12.9. The summed E-state index contributed by atoms with van der Waals surface area (Å²) in [5.74, 6) is 2.81. The molecule has 1 unspecified atom stereocenters. The van der Waals surface area contributed by atoms with Crippen molar-refractivity contribution in [1.29, 1.82) is 0 Å². The Hall–Kier alpha value is -3.61. The summed E-state index contributed by atoms with van der Waals surface area (Å²) in [6.07, 6.45) is 3.56. The predicted octanol–water partition coefficient (Wildman–Crippen LogP) is 3.73. The third kappa shape index (κ3) is 3.78. The molecule has 7 heteroatoms. The Balaban J connectivity index is 1.28. The number of fused-ring (bicyclic) bond motifs is 1. The van der Waals surface area contributed by atoms with Gasteiger partial charge in [0.2, 0.25) is 12.7 Å². The second kappa shape index (κ2) is 8.02. The summed E-state index contributed by atoms with van der Waals surface area (Å²) in [5.41, 5.74) is 1.70. The van der Waals surface area contributed by atoms with Gasteiger partial charge in [-0.25, -0.2) is 9.97 Å². The minimum atomic E-state index is -0.112. The molecule has 1 amide bonds. The van der Waals surface area contributed by atoms with Gasteiger partial charge in [0.05, 0.1) is 5.92 Å². The van der Waals surface area contributed by atoms with Crippen molar-refractivity contribution in [2.75, 3.05) is 30.1 Å². The molecule has 0 saturated carbocycles. The highest BCUT2D eigenvalue weighted by Crippen LogP contribution is 2.34. The smallest absolute Gasteiger partial charge is 0.231 e. The van der Waals surface area contributed by atoms with Gasteiger partial charge < -0.3 is 19.7 Å². The van der Waals surface area contributed by atoms with Crippen LogP contribution in [-0.2, 0) is 4.79 Å². The van der Waals surface area contributed by atoms with Crippen LogP contribution in [0.15, 0.2) is 60.8 Å². The van der Waals surface area contributed by atoms with E-state index in [1.165, 1.54) is 0 Å². The number of piperidine rings is 1. The molecule has 2 aliphatic heterocycles. The highest BCUT2D eigenvalue weighted by molar-refractivity contribution is 5.93. The van der Waals surface area contributed by atoms with Crippen LogP contribution < -0.4 is 19.7 Å². The zero-order valence-electron chi connectivity index (χ0n) is 16.5. The number of amides is 1. The largest absolute Gasteiger partial charge is 0.454 e. The summed E-state index contributed by atoms with van der Waals surface area (Å²) in [4.78, 5) is 24.2. The maximum Gasteiger partial charge on any atom is 0.231 e. The van der Waals surface area contributed by atoms with Crippen molar-refractivity contribution in [1.82, 2.24) is 9.97 Å². The van der Waals surface area contributed by atoms with E-state index in [9.17, 15) is 4.79 Å². The summed E-state index contributed by atoms with van der Waals surface area (Å²) in [7, 11) is 0. The zero-order chi connectivity index (χ0) is 20.3. The fourth-order valence-electron chi connectivity index (χ4n) is 3.87. The van der Waals surface area contributed by atoms with Crippen LogP contribution in [0.25, 0.3) is 11.4 Å². The first kappa shape index (κ1) is 18.4. The Morgan fingerprint density at radius 1 is 1.07 bits per heavy atom. The molecule has 2 aromatic carbocycles. The van der Waals surface area contributed by atoms with Crippen LogP contribution in [0.5, 0.6) is 11.5 Å². The van der Waals surface area contributed by atoms with Crippen molar-refractivity contribution in [3.63, 3.8) is 0 Å². The van der Waals surface area contributed by atoms with Crippen LogP contribution in [0.4, 0.5) is 11.5 Å². The van der Waals surface area contributed by atoms with Gasteiger partial charge in [0.15, 0.2) is 17.3 Å². The number of ether oxygens (including phenoxy) is 2. The molecule has 152 valence electrons. The van der Waals surface area contributed by atoms with Gasteiger partial charge in [-0.1, -0.05) is 30.3 Å². The van der Waals surface area contributed by atoms with Gasteiger partial charge in [0.25, 0.3) is 0 Å². The van der Waals surface area contributed by atoms with Crippen LogP contribution in [0, 0.1) is 5.92 Å². The van der Waals surface area contributed by atoms with Crippen molar-refractivity contribution in [2.45, 2.75) is 12.8 Å². The lowest BCUT2D eigenvalue weighted by atomic mass is 9.97. The molecule has 5 rings (SSSR count). The maximum atomic E-state index is 12.9. The van der Waals surface area contributed by atoms with E-state index in [0.29, 0.717) is 23.9 Å². The first-order chi connectivity index (χ1) is 14.8. The van der Waals surface area contributed by atoms with Gasteiger partial charge in [-0.2, -0.15) is 0 Å². The van der Waals surface area contributed by atoms with E-state index < -0.39 is 0 Å². The Kier molecular flexibility index (Phi) is 4.93. The zero-order valence-corrected chi connectivity index (χ0v) is 16.5. The molecule has 0 radical (unpaired) electrons. The summed E-state index contributed by atoms with van der Waals surface area (Å²) in [5, 5.41) is 3.02. The lowest BCUT2D eigenvalue weighted by Crippen LogP contribution is -2.41. The molecule has 1 saturated heterocycles. The lowest BCUT2D eigenvalue weighted by molar-refractivity contribution is -0.120. The van der Waals surface area contributed by atoms with E-state index in [2.05, 4.69) is 15.2 Å². The Morgan fingerprint density at radius 2 is 1.93 bits per heavy atom. The fraction of sp³-hybridized carbons (Fsp3) is 0.261. The Morgan fingerprint density at radius 3 is 2.83 bits per heavy atom. The van der Waals surface area contributed by atoms with E-state index in [4.69, 9.17) is 14.5 Å². The molecule has 2 aliphatic rings. The third-order valence-corrected chi connectivity index (χ3v) is 5.43. The average molecular weight is 402 g/mol. The minimum Gasteiger partial charge on any atom is -0.454 e. The van der Waals surface area contributed by atoms with E-state index in [1.54, 1.807) is 12.3 Å². The molecule has 0 spiro atoms. The van der Waals surface area contributed by atoms with Crippen LogP contribution in [0.3, 0.4) is 0 Å². The number of hydrogen-bond donors (Lipinski definition) is 1. The van der Waals surface area contributed by atoms with Crippen molar-refractivity contribution in [2.24, 2.45) is 5.92 Å². The van der Waals surface area contributed by atoms with Crippen molar-refractivity contribution in [3.8, 4) is 22.9 Å². The molecule has 3 aromatic rings. The van der Waals surface area contributed by atoms with E-state index in [-0.39, 0.29) is 18.6 Å². The van der Waals surface area contributed by atoms with Crippen molar-refractivity contribution < 1.29 is 14.3 Å². The molecule has 1 fully saturated rings. The van der Waals surface area contributed by atoms with Crippen LogP contribution in [0.1, 0.15) is 12.8 Å². The summed E-state index contributed by atoms with van der Waals surface area (Å²) < 4.78 is 10.7. The standard InChI is InChI=1S/C23H22N4O3/c28-23(25-18-8-9-19-20(13-18)30-15-29-19)17-7-4-12-27(14-17)21-10-11-24-22(26-21)16-5-2-1-3-6-16/h1-3,5-6,8-11,13,17H,4,7,12,14-15H2,(H,25,28). The van der Waals surface area contributed by atoms with Crippen molar-refractivity contribution >= 4 is 17.4 Å². The van der Waals surface area contributed by atoms with Gasteiger partial charge in [-0.3, -0.25) is 4.79 Å². The normalized spacial score (nSPS) is 17.6. The molecule has 1 aromatic heterocycles. The second-order valence-electron chi connectivity index (χ2n) is 7.45. The molecule has 1 atom stereocenters. The number of carbonyl (C=O) groups excluding carboxylic acids is 1. The van der Waals surface area contributed by atoms with Crippen LogP contribution in [0.2, 0.25) is 0 Å². The van der Waals surface area contributed by atoms with E-state index in [1.807, 2.05) is 48.5 Å². The monoisotopic (exact) mass is 402 g/mol. The van der Waals surface area contributed by atoms with Gasteiger partial charge in [0.1, 0.15) is 5.82 Å². The predicted molar refractivity (Wildman–Crippen MR) is 114 cm³/mol. The molecule has 3 heterocycles. The topological polar surface area (TPSA) is 76.6 Å². The summed E-state index contributed by atoms with van der Waals surface area (Å²) in [6.45, 7) is 1.72.